The molecule has 0 atom stereocenters. The Morgan fingerprint density at radius 1 is 1.16 bits per heavy atom. The van der Waals surface area contributed by atoms with Gasteiger partial charge in [0.25, 0.3) is 0 Å². The first kappa shape index (κ1) is 13.6. The van der Waals surface area contributed by atoms with Gasteiger partial charge in [-0.25, -0.2) is 0 Å². The van der Waals surface area contributed by atoms with Gasteiger partial charge in [-0.1, -0.05) is 18.2 Å². The number of pyridine rings is 1. The van der Waals surface area contributed by atoms with E-state index in [1.807, 2.05) is 38.1 Å². The Bertz CT molecular complexity index is 600. The molecule has 0 spiro atoms. The second kappa shape index (κ2) is 4.38. The summed E-state index contributed by atoms with van der Waals surface area (Å²) in [4.78, 5) is 4.31. The van der Waals surface area contributed by atoms with E-state index in [9.17, 15) is 5.11 Å². The van der Waals surface area contributed by atoms with Gasteiger partial charge in [-0.2, -0.15) is 0 Å². The second-order valence-corrected chi connectivity index (χ2v) is 5.91. The number of anilines is 2. The highest BCUT2D eigenvalue weighted by Gasteiger charge is 2.35. The molecule has 19 heavy (non-hydrogen) atoms. The molecule has 1 heterocycles. The van der Waals surface area contributed by atoms with Crippen molar-refractivity contribution in [2.24, 2.45) is 0 Å². The number of nitrogens with two attached hydrogens (primary N) is 1. The molecule has 2 rings (SSSR count). The summed E-state index contributed by atoms with van der Waals surface area (Å²) in [6, 6.07) is 7.81. The number of nitrogens with zero attached hydrogens (tertiary/aromatic N) is 1. The Morgan fingerprint density at radius 2 is 1.79 bits per heavy atom. The lowest BCUT2D eigenvalue weighted by atomic mass is 9.85. The van der Waals surface area contributed by atoms with Crippen molar-refractivity contribution in [3.05, 3.63) is 30.5 Å². The summed E-state index contributed by atoms with van der Waals surface area (Å²) in [7, 11) is 0. The zero-order chi connectivity index (χ0) is 14.3. The summed E-state index contributed by atoms with van der Waals surface area (Å²) in [6.45, 7) is 7.45. The van der Waals surface area contributed by atoms with Crippen molar-refractivity contribution in [3.63, 3.8) is 0 Å². The number of hydrogen-bond acceptors (Lipinski definition) is 4. The van der Waals surface area contributed by atoms with Gasteiger partial charge in [-0.05, 0) is 33.8 Å². The van der Waals surface area contributed by atoms with Gasteiger partial charge in [0.15, 0.2) is 0 Å². The van der Waals surface area contributed by atoms with Crippen LogP contribution in [0.15, 0.2) is 30.5 Å². The fourth-order valence-corrected chi connectivity index (χ4v) is 1.76. The first-order valence-electron chi connectivity index (χ1n) is 6.36. The number of benzene rings is 1. The van der Waals surface area contributed by atoms with Gasteiger partial charge in [0.1, 0.15) is 0 Å². The van der Waals surface area contributed by atoms with Crippen LogP contribution in [0.2, 0.25) is 0 Å². The van der Waals surface area contributed by atoms with Crippen molar-refractivity contribution in [2.45, 2.75) is 38.8 Å². The molecule has 0 bridgehead atoms. The second-order valence-electron chi connectivity index (χ2n) is 5.91. The fraction of sp³-hybridized carbons (Fsp3) is 0.400. The quantitative estimate of drug-likeness (QED) is 0.792. The van der Waals surface area contributed by atoms with Crippen LogP contribution in [0.4, 0.5) is 11.4 Å². The minimum Gasteiger partial charge on any atom is -0.396 e. The third kappa shape index (κ3) is 2.49. The first-order valence-corrected chi connectivity index (χ1v) is 6.36. The van der Waals surface area contributed by atoms with Gasteiger partial charge in [0.2, 0.25) is 0 Å². The maximum atomic E-state index is 10.3. The molecule has 4 heteroatoms. The van der Waals surface area contributed by atoms with Crippen LogP contribution in [-0.2, 0) is 0 Å². The largest absolute Gasteiger partial charge is 0.396 e. The Kier molecular flexibility index (Phi) is 3.14. The van der Waals surface area contributed by atoms with E-state index in [0.717, 1.165) is 16.6 Å². The van der Waals surface area contributed by atoms with Crippen LogP contribution >= 0.6 is 0 Å². The molecule has 0 saturated heterocycles. The number of aromatic nitrogens is 1. The third-order valence-electron chi connectivity index (χ3n) is 3.77. The average molecular weight is 259 g/mol. The predicted molar refractivity (Wildman–Crippen MR) is 80.2 cm³/mol. The van der Waals surface area contributed by atoms with Crippen molar-refractivity contribution in [1.82, 2.24) is 4.98 Å². The van der Waals surface area contributed by atoms with E-state index in [0.29, 0.717) is 5.69 Å². The number of hydrogen-bond donors (Lipinski definition) is 3. The number of fused-ring (bicyclic) bond motifs is 1. The normalized spacial score (nSPS) is 12.7. The Balaban J connectivity index is 2.54. The highest BCUT2D eigenvalue weighted by atomic mass is 16.3. The number of nitrogens with one attached hydrogen (secondary N) is 1. The smallest absolute Gasteiger partial charge is 0.0814 e. The van der Waals surface area contributed by atoms with E-state index in [4.69, 9.17) is 5.73 Å². The van der Waals surface area contributed by atoms with Crippen LogP contribution in [0.1, 0.15) is 27.7 Å². The Labute approximate surface area is 113 Å². The SMILES string of the molecule is CC(C)(O)C(C)(C)Nc1c(N)cnc2ccccc12. The Morgan fingerprint density at radius 3 is 2.42 bits per heavy atom. The van der Waals surface area contributed by atoms with E-state index in [-0.39, 0.29) is 0 Å². The van der Waals surface area contributed by atoms with Gasteiger partial charge in [-0.15, -0.1) is 0 Å². The van der Waals surface area contributed by atoms with E-state index in [2.05, 4.69) is 10.3 Å². The van der Waals surface area contributed by atoms with Gasteiger partial charge >= 0.3 is 0 Å². The van der Waals surface area contributed by atoms with E-state index >= 15 is 0 Å². The molecule has 102 valence electrons. The molecule has 0 radical (unpaired) electrons. The maximum absolute atomic E-state index is 10.3. The molecule has 0 unspecified atom stereocenters. The number of para-hydroxylation sites is 1. The van der Waals surface area contributed by atoms with Crippen molar-refractivity contribution >= 4 is 22.3 Å². The van der Waals surface area contributed by atoms with Gasteiger partial charge in [0.05, 0.1) is 34.2 Å². The lowest BCUT2D eigenvalue weighted by Gasteiger charge is -2.39. The number of rotatable bonds is 3. The highest BCUT2D eigenvalue weighted by molar-refractivity contribution is 5.97. The lowest BCUT2D eigenvalue weighted by Crippen LogP contribution is -2.51. The minimum atomic E-state index is -0.885. The van der Waals surface area contributed by atoms with E-state index in [1.165, 1.54) is 0 Å². The predicted octanol–water partition coefficient (Wildman–Crippen LogP) is 2.78. The molecule has 2 aromatic rings. The summed E-state index contributed by atoms with van der Waals surface area (Å²) in [6.07, 6.45) is 1.64. The van der Waals surface area contributed by atoms with Crippen LogP contribution < -0.4 is 11.1 Å². The zero-order valence-corrected chi connectivity index (χ0v) is 11.9. The topological polar surface area (TPSA) is 71.2 Å². The summed E-state index contributed by atoms with van der Waals surface area (Å²) < 4.78 is 0. The lowest BCUT2D eigenvalue weighted by molar-refractivity contribution is 0.0241. The van der Waals surface area contributed by atoms with E-state index in [1.54, 1.807) is 20.0 Å². The van der Waals surface area contributed by atoms with Crippen LogP contribution in [0, 0.1) is 0 Å². The summed E-state index contributed by atoms with van der Waals surface area (Å²) in [5.41, 5.74) is 6.90. The van der Waals surface area contributed by atoms with Gasteiger partial charge in [-0.3, -0.25) is 4.98 Å². The molecular formula is C15H21N3O. The monoisotopic (exact) mass is 259 g/mol. The van der Waals surface area contributed by atoms with Crippen LogP contribution in [-0.4, -0.2) is 21.2 Å². The molecular weight excluding hydrogens is 238 g/mol. The molecule has 0 aliphatic rings. The van der Waals surface area contributed by atoms with E-state index < -0.39 is 11.1 Å². The summed E-state index contributed by atoms with van der Waals surface area (Å²) >= 11 is 0. The zero-order valence-electron chi connectivity index (χ0n) is 11.9. The molecule has 0 aliphatic heterocycles. The average Bonchev–Trinajstić information content (AvgIpc) is 2.31. The maximum Gasteiger partial charge on any atom is 0.0814 e. The van der Waals surface area contributed by atoms with Crippen molar-refractivity contribution in [3.8, 4) is 0 Å². The van der Waals surface area contributed by atoms with Crippen LogP contribution in [0.5, 0.6) is 0 Å². The molecule has 4 nitrogen and oxygen atoms in total. The number of aliphatic hydroxyl groups is 1. The van der Waals surface area contributed by atoms with Crippen LogP contribution in [0.3, 0.4) is 0 Å². The minimum absolute atomic E-state index is 0.523. The third-order valence-corrected chi connectivity index (χ3v) is 3.77. The van der Waals surface area contributed by atoms with Crippen LogP contribution in [0.25, 0.3) is 10.9 Å². The van der Waals surface area contributed by atoms with Gasteiger partial charge < -0.3 is 16.2 Å². The summed E-state index contributed by atoms with van der Waals surface area (Å²) in [5, 5.41) is 14.6. The molecule has 1 aromatic heterocycles. The summed E-state index contributed by atoms with van der Waals surface area (Å²) in [5.74, 6) is 0. The first-order chi connectivity index (χ1) is 8.72. The van der Waals surface area contributed by atoms with Gasteiger partial charge in [0, 0.05) is 5.39 Å². The molecule has 0 aliphatic carbocycles. The van der Waals surface area contributed by atoms with Crippen molar-refractivity contribution < 1.29 is 5.11 Å². The highest BCUT2D eigenvalue weighted by Crippen LogP contribution is 2.33. The van der Waals surface area contributed by atoms with Crippen molar-refractivity contribution in [2.75, 3.05) is 11.1 Å². The molecule has 0 fully saturated rings. The molecule has 0 saturated carbocycles. The fourth-order valence-electron chi connectivity index (χ4n) is 1.76. The molecule has 0 amide bonds. The molecule has 1 aromatic carbocycles. The Hall–Kier alpha value is -1.81. The van der Waals surface area contributed by atoms with Crippen molar-refractivity contribution in [1.29, 1.82) is 0 Å². The standard InChI is InChI=1S/C15H21N3O/c1-14(2,15(3,4)19)18-13-10-7-5-6-8-12(10)17-9-11(13)16/h5-9,19H,16H2,1-4H3,(H,17,18). The number of nitrogen functional groups attached to an aromatic ring is 1. The molecule has 4 N–H and O–H groups in total.